The Hall–Kier alpha value is -8.73. The van der Waals surface area contributed by atoms with E-state index in [9.17, 15) is 0 Å². The molecule has 4 heteroatoms. The average Bonchev–Trinajstić information content (AvgIpc) is 3.41. The maximum Gasteiger partial charge on any atom is 0.238 e. The van der Waals surface area contributed by atoms with E-state index in [1.54, 1.807) is 0 Å². The molecule has 1 aromatic heterocycles. The maximum atomic E-state index is 5.59. The zero-order valence-corrected chi connectivity index (χ0v) is 41.7. The highest BCUT2D eigenvalue weighted by Gasteiger charge is 2.27. The van der Waals surface area contributed by atoms with Gasteiger partial charge in [0.15, 0.2) is 11.6 Å². The lowest BCUT2D eigenvalue weighted by Crippen LogP contribution is -2.17. The van der Waals surface area contributed by atoms with Crippen LogP contribution >= 0.6 is 0 Å². The van der Waals surface area contributed by atoms with Gasteiger partial charge in [0, 0.05) is 28.3 Å². The number of benzene rings is 10. The van der Waals surface area contributed by atoms with Crippen LogP contribution in [0.4, 0.5) is 17.3 Å². The largest absolute Gasteiger partial charge is 0.278 e. The van der Waals surface area contributed by atoms with Crippen molar-refractivity contribution in [1.82, 2.24) is 15.0 Å². The molecule has 0 unspecified atom stereocenters. The monoisotopic (exact) mass is 928 g/mol. The number of rotatable bonds is 11. The summed E-state index contributed by atoms with van der Waals surface area (Å²) >= 11 is 0. The lowest BCUT2D eigenvalue weighted by atomic mass is 9.77. The summed E-state index contributed by atoms with van der Waals surface area (Å²) in [6.07, 6.45) is 0. The SMILES string of the molecule is Cc1cc(C)c(C(c2ccc(N(c3nc(-c4ccccc4)nc(-c4cc(-c5ccccc5)cc(-c5ccccc5)c4)n3)c3cc4ccccc4cc3-c3ccccc3)cc2)c2c(C)cc(C)cc2C)c(C)c1. The minimum absolute atomic E-state index is 0.0124. The molecule has 0 N–H and O–H groups in total. The van der Waals surface area contributed by atoms with E-state index < -0.39 is 0 Å². The number of aryl methyl sites for hydroxylation is 6. The predicted molar refractivity (Wildman–Crippen MR) is 301 cm³/mol. The van der Waals surface area contributed by atoms with Gasteiger partial charge in [0.1, 0.15) is 0 Å². The first kappa shape index (κ1) is 45.7. The van der Waals surface area contributed by atoms with Gasteiger partial charge in [0.25, 0.3) is 0 Å². The van der Waals surface area contributed by atoms with Crippen molar-refractivity contribution in [3.63, 3.8) is 0 Å². The second kappa shape index (κ2) is 19.6. The van der Waals surface area contributed by atoms with Gasteiger partial charge in [0.05, 0.1) is 5.69 Å². The molecule has 0 aliphatic heterocycles. The normalized spacial score (nSPS) is 11.3. The van der Waals surface area contributed by atoms with Crippen LogP contribution < -0.4 is 4.90 Å². The fourth-order valence-corrected chi connectivity index (χ4v) is 10.9. The van der Waals surface area contributed by atoms with Crippen molar-refractivity contribution in [2.45, 2.75) is 47.5 Å². The molecule has 0 aliphatic rings. The molecule has 0 atom stereocenters. The van der Waals surface area contributed by atoms with Gasteiger partial charge in [-0.1, -0.05) is 193 Å². The molecule has 0 fully saturated rings. The van der Waals surface area contributed by atoms with Gasteiger partial charge in [-0.2, -0.15) is 9.97 Å². The van der Waals surface area contributed by atoms with Crippen LogP contribution in [-0.4, -0.2) is 15.0 Å². The zero-order chi connectivity index (χ0) is 49.3. The molecular weight excluding hydrogens is 873 g/mol. The molecule has 4 nitrogen and oxygen atoms in total. The van der Waals surface area contributed by atoms with Crippen LogP contribution in [-0.2, 0) is 0 Å². The number of fused-ring (bicyclic) bond motifs is 1. The Labute approximate surface area is 424 Å². The fourth-order valence-electron chi connectivity index (χ4n) is 10.9. The molecule has 1 heterocycles. The molecule has 0 spiro atoms. The van der Waals surface area contributed by atoms with Crippen molar-refractivity contribution in [3.05, 3.63) is 275 Å². The minimum atomic E-state index is 0.0124. The first-order valence-corrected chi connectivity index (χ1v) is 24.9. The highest BCUT2D eigenvalue weighted by Crippen LogP contribution is 2.45. The molecule has 0 saturated carbocycles. The Bertz CT molecular complexity index is 3570. The van der Waals surface area contributed by atoms with Gasteiger partial charge in [-0.3, -0.25) is 4.90 Å². The van der Waals surface area contributed by atoms with Crippen molar-refractivity contribution < 1.29 is 0 Å². The van der Waals surface area contributed by atoms with E-state index in [1.807, 2.05) is 18.2 Å². The first-order chi connectivity index (χ1) is 35.1. The van der Waals surface area contributed by atoms with E-state index in [1.165, 1.54) is 50.1 Å². The molecule has 11 aromatic rings. The Morgan fingerprint density at radius 3 is 1.22 bits per heavy atom. The molecule has 0 radical (unpaired) electrons. The molecule has 0 saturated heterocycles. The molecule has 10 aromatic carbocycles. The van der Waals surface area contributed by atoms with E-state index in [2.05, 4.69) is 253 Å². The van der Waals surface area contributed by atoms with Crippen LogP contribution in [0.3, 0.4) is 0 Å². The topological polar surface area (TPSA) is 41.9 Å². The van der Waals surface area contributed by atoms with E-state index in [0.29, 0.717) is 17.6 Å². The van der Waals surface area contributed by atoms with Crippen LogP contribution in [0.2, 0.25) is 0 Å². The summed E-state index contributed by atoms with van der Waals surface area (Å²) < 4.78 is 0. The predicted octanol–water partition coefficient (Wildman–Crippen LogP) is 17.9. The number of hydrogen-bond acceptors (Lipinski definition) is 4. The summed E-state index contributed by atoms with van der Waals surface area (Å²) in [5.74, 6) is 1.69. The molecule has 0 bridgehead atoms. The van der Waals surface area contributed by atoms with Gasteiger partial charge in [-0.25, -0.2) is 4.98 Å². The summed E-state index contributed by atoms with van der Waals surface area (Å²) in [4.78, 5) is 18.7. The lowest BCUT2D eigenvalue weighted by Gasteiger charge is -2.29. The van der Waals surface area contributed by atoms with Crippen LogP contribution in [0.5, 0.6) is 0 Å². The number of hydrogen-bond donors (Lipinski definition) is 0. The number of nitrogens with zero attached hydrogens (tertiary/aromatic N) is 4. The molecule has 11 rings (SSSR count). The Kier molecular flexibility index (Phi) is 12.4. The second-order valence-electron chi connectivity index (χ2n) is 19.2. The van der Waals surface area contributed by atoms with Crippen molar-refractivity contribution in [1.29, 1.82) is 0 Å². The van der Waals surface area contributed by atoms with Gasteiger partial charge < -0.3 is 0 Å². The summed E-state index contributed by atoms with van der Waals surface area (Å²) in [6, 6.07) is 80.4. The van der Waals surface area contributed by atoms with Crippen molar-refractivity contribution in [2.24, 2.45) is 0 Å². The maximum absolute atomic E-state index is 5.59. The number of anilines is 3. The fraction of sp³-hybridized carbons (Fsp3) is 0.103. The molecule has 72 heavy (non-hydrogen) atoms. The van der Waals surface area contributed by atoms with Crippen LogP contribution in [0.1, 0.15) is 56.0 Å². The van der Waals surface area contributed by atoms with Crippen molar-refractivity contribution in [2.75, 3.05) is 4.90 Å². The van der Waals surface area contributed by atoms with Crippen LogP contribution in [0.15, 0.2) is 224 Å². The van der Waals surface area contributed by atoms with Crippen molar-refractivity contribution in [3.8, 4) is 56.2 Å². The highest BCUT2D eigenvalue weighted by molar-refractivity contribution is 5.98. The lowest BCUT2D eigenvalue weighted by molar-refractivity contribution is 0.919. The summed E-state index contributed by atoms with van der Waals surface area (Å²) in [5, 5.41) is 2.27. The van der Waals surface area contributed by atoms with Gasteiger partial charge >= 0.3 is 0 Å². The van der Waals surface area contributed by atoms with Crippen molar-refractivity contribution >= 4 is 28.1 Å². The Morgan fingerprint density at radius 2 is 0.736 bits per heavy atom. The van der Waals surface area contributed by atoms with Gasteiger partial charge in [0.2, 0.25) is 5.95 Å². The van der Waals surface area contributed by atoms with Gasteiger partial charge in [-0.15, -0.1) is 0 Å². The quantitative estimate of drug-likeness (QED) is 0.121. The molecule has 0 aliphatic carbocycles. The van der Waals surface area contributed by atoms with E-state index in [0.717, 1.165) is 66.7 Å². The molecule has 348 valence electrons. The summed E-state index contributed by atoms with van der Waals surface area (Å²) in [7, 11) is 0. The van der Waals surface area contributed by atoms with E-state index in [-0.39, 0.29) is 5.92 Å². The number of aromatic nitrogens is 3. The Balaban J connectivity index is 1.18. The third-order valence-electron chi connectivity index (χ3n) is 14.0. The zero-order valence-electron chi connectivity index (χ0n) is 41.7. The van der Waals surface area contributed by atoms with E-state index in [4.69, 9.17) is 15.0 Å². The summed E-state index contributed by atoms with van der Waals surface area (Å²) in [5.41, 5.74) is 21.9. The third-order valence-corrected chi connectivity index (χ3v) is 14.0. The summed E-state index contributed by atoms with van der Waals surface area (Å²) in [6.45, 7) is 13.5. The van der Waals surface area contributed by atoms with Crippen LogP contribution in [0, 0.1) is 41.5 Å². The minimum Gasteiger partial charge on any atom is -0.278 e. The van der Waals surface area contributed by atoms with Gasteiger partial charge in [-0.05, 0) is 162 Å². The first-order valence-electron chi connectivity index (χ1n) is 24.9. The molecular formula is C68H56N4. The molecule has 0 amide bonds. The second-order valence-corrected chi connectivity index (χ2v) is 19.2. The smallest absolute Gasteiger partial charge is 0.238 e. The van der Waals surface area contributed by atoms with Crippen LogP contribution in [0.25, 0.3) is 66.9 Å². The average molecular weight is 929 g/mol. The highest BCUT2D eigenvalue weighted by atomic mass is 15.3. The van der Waals surface area contributed by atoms with E-state index >= 15 is 0 Å². The Morgan fingerprint density at radius 1 is 0.333 bits per heavy atom. The standard InChI is InChI=1S/C68H56N4/c1-44-35-46(3)63(47(4)36-44)65(64-48(5)37-45(2)38-49(64)6)53-31-33-60(34-32-53)72(62-43-56-30-20-19-29-55(56)42-61(62)52-25-15-9-16-26-52)68-70-66(54-27-17-10-18-28-54)69-67(71-68)59-40-57(50-21-11-7-12-22-50)39-58(41-59)51-23-13-8-14-24-51/h7-43,65H,1-6H3. The third kappa shape index (κ3) is 9.11.